The third kappa shape index (κ3) is 5.43. The van der Waals surface area contributed by atoms with Crippen LogP contribution in [0, 0.1) is 40.4 Å². The van der Waals surface area contributed by atoms with Gasteiger partial charge in [-0.3, -0.25) is 19.4 Å². The van der Waals surface area contributed by atoms with Crippen molar-refractivity contribution in [3.8, 4) is 0 Å². The van der Waals surface area contributed by atoms with Gasteiger partial charge in [-0.15, -0.1) is 0 Å². The van der Waals surface area contributed by atoms with Gasteiger partial charge in [-0.2, -0.15) is 0 Å². The number of pyridine rings is 1. The Morgan fingerprint density at radius 3 is 2.14 bits per heavy atom. The highest BCUT2D eigenvalue weighted by atomic mass is 16.6. The number of aliphatic hydroxyl groups is 2. The van der Waals surface area contributed by atoms with Crippen LogP contribution in [0.1, 0.15) is 75.1 Å². The zero-order valence-electron chi connectivity index (χ0n) is 28.5. The van der Waals surface area contributed by atoms with E-state index in [1.165, 1.54) is 51.4 Å². The lowest BCUT2D eigenvalue weighted by Crippen LogP contribution is -2.65. The summed E-state index contributed by atoms with van der Waals surface area (Å²) in [5.41, 5.74) is -6.75. The lowest BCUT2D eigenvalue weighted by atomic mass is 9.55. The molecule has 4 aliphatic carbocycles. The monoisotopic (exact) mass is 677 g/mol. The average molecular weight is 678 g/mol. The van der Waals surface area contributed by atoms with Crippen LogP contribution in [0.4, 0.5) is 0 Å². The fraction of sp³-hybridized carbons (Fsp3) is 0.568. The molecule has 262 valence electrons. The van der Waals surface area contributed by atoms with Gasteiger partial charge in [0.25, 0.3) is 0 Å². The quantitative estimate of drug-likeness (QED) is 0.324. The van der Waals surface area contributed by atoms with Crippen LogP contribution in [-0.4, -0.2) is 81.0 Å². The number of carbonyl (C=O) groups excluding carboxylic acids is 5. The number of ketones is 1. The molecule has 0 spiro atoms. The van der Waals surface area contributed by atoms with Crippen molar-refractivity contribution in [2.24, 2.45) is 40.4 Å². The highest BCUT2D eigenvalue weighted by Gasteiger charge is 2.83. The molecule has 11 unspecified atom stereocenters. The van der Waals surface area contributed by atoms with E-state index < -0.39 is 100 Å². The Morgan fingerprint density at radius 2 is 1.53 bits per heavy atom. The molecule has 49 heavy (non-hydrogen) atoms. The Bertz CT molecular complexity index is 1660. The average Bonchev–Trinajstić information content (AvgIpc) is 3.49. The van der Waals surface area contributed by atoms with Crippen molar-refractivity contribution >= 4 is 29.7 Å². The number of hydrogen-bond donors (Lipinski definition) is 2. The highest BCUT2D eigenvalue weighted by molar-refractivity contribution is 5.96. The van der Waals surface area contributed by atoms with Gasteiger partial charge in [-0.05, 0) is 67.2 Å². The summed E-state index contributed by atoms with van der Waals surface area (Å²) in [6.45, 7) is 8.77. The molecular formula is C37H43NO11. The summed E-state index contributed by atoms with van der Waals surface area (Å²) in [4.78, 5) is 72.0. The summed E-state index contributed by atoms with van der Waals surface area (Å²) in [5, 5.41) is 25.2. The molecule has 0 saturated heterocycles. The maximum atomic E-state index is 14.8. The Balaban J connectivity index is 1.64. The van der Waals surface area contributed by atoms with Crippen LogP contribution in [0.2, 0.25) is 0 Å². The van der Waals surface area contributed by atoms with Gasteiger partial charge in [0.2, 0.25) is 0 Å². The molecule has 0 amide bonds. The van der Waals surface area contributed by atoms with E-state index in [0.29, 0.717) is 0 Å². The van der Waals surface area contributed by atoms with Crippen LogP contribution < -0.4 is 0 Å². The first kappa shape index (κ1) is 34.7. The van der Waals surface area contributed by atoms with E-state index in [9.17, 15) is 34.2 Å². The maximum absolute atomic E-state index is 14.8. The van der Waals surface area contributed by atoms with Crippen LogP contribution in [0.15, 0.2) is 54.9 Å². The molecule has 12 heteroatoms. The second-order valence-electron chi connectivity index (χ2n) is 15.1. The summed E-state index contributed by atoms with van der Waals surface area (Å²) in [6, 6.07) is 11.1. The number of rotatable bonds is 7. The summed E-state index contributed by atoms with van der Waals surface area (Å²) in [7, 11) is 0. The molecule has 4 fully saturated rings. The van der Waals surface area contributed by atoms with Gasteiger partial charge < -0.3 is 29.2 Å². The highest BCUT2D eigenvalue weighted by Crippen LogP contribution is 2.75. The van der Waals surface area contributed by atoms with E-state index in [0.717, 1.165) is 0 Å². The Kier molecular flexibility index (Phi) is 8.51. The third-order valence-electron chi connectivity index (χ3n) is 11.8. The van der Waals surface area contributed by atoms with Crippen molar-refractivity contribution < 1.29 is 53.1 Å². The van der Waals surface area contributed by atoms with E-state index in [1.54, 1.807) is 31.2 Å². The van der Waals surface area contributed by atoms with Crippen LogP contribution in [0.3, 0.4) is 0 Å². The normalized spacial score (nSPS) is 38.5. The van der Waals surface area contributed by atoms with Gasteiger partial charge in [-0.25, -0.2) is 9.59 Å². The zero-order chi connectivity index (χ0) is 35.7. The van der Waals surface area contributed by atoms with Gasteiger partial charge in [0.15, 0.2) is 5.78 Å². The molecule has 1 aromatic carbocycles. The molecule has 2 aromatic rings. The summed E-state index contributed by atoms with van der Waals surface area (Å²) in [6.07, 6.45) is -1.13. The van der Waals surface area contributed by atoms with Crippen LogP contribution in [-0.2, 0) is 33.3 Å². The predicted octanol–water partition coefficient (Wildman–Crippen LogP) is 3.33. The summed E-state index contributed by atoms with van der Waals surface area (Å²) >= 11 is 0. The Morgan fingerprint density at radius 1 is 0.878 bits per heavy atom. The number of ether oxygens (including phenoxy) is 4. The smallest absolute Gasteiger partial charge is 0.339 e. The fourth-order valence-electron chi connectivity index (χ4n) is 9.77. The minimum atomic E-state index is -2.36. The molecular weight excluding hydrogens is 634 g/mol. The molecule has 6 rings (SSSR count). The minimum absolute atomic E-state index is 0.109. The molecule has 1 aromatic heterocycles. The number of benzene rings is 1. The number of fused-ring (bicyclic) bond motifs is 4. The summed E-state index contributed by atoms with van der Waals surface area (Å²) in [5.74, 6) is -7.76. The molecule has 0 radical (unpaired) electrons. The third-order valence-corrected chi connectivity index (χ3v) is 11.8. The fourth-order valence-corrected chi connectivity index (χ4v) is 9.77. The lowest BCUT2D eigenvalue weighted by molar-refractivity contribution is -0.223. The number of hydrogen-bond acceptors (Lipinski definition) is 12. The summed E-state index contributed by atoms with van der Waals surface area (Å²) < 4.78 is 24.4. The van der Waals surface area contributed by atoms with Crippen LogP contribution in [0.25, 0.3) is 0 Å². The van der Waals surface area contributed by atoms with Crippen molar-refractivity contribution in [2.45, 2.75) is 83.9 Å². The molecule has 12 nitrogen and oxygen atoms in total. The Labute approximate surface area is 284 Å². The first-order valence-corrected chi connectivity index (χ1v) is 16.6. The van der Waals surface area contributed by atoms with Gasteiger partial charge in [0, 0.05) is 32.2 Å². The molecule has 11 atom stereocenters. The van der Waals surface area contributed by atoms with Gasteiger partial charge in [-0.1, -0.05) is 39.0 Å². The van der Waals surface area contributed by atoms with E-state index in [2.05, 4.69) is 4.98 Å². The molecule has 0 aliphatic heterocycles. The number of nitrogens with zero attached hydrogens (tertiary/aromatic N) is 1. The van der Waals surface area contributed by atoms with E-state index in [1.807, 2.05) is 13.8 Å². The molecule has 2 N–H and O–H groups in total. The minimum Gasteiger partial charge on any atom is -0.462 e. The van der Waals surface area contributed by atoms with Crippen LogP contribution in [0.5, 0.6) is 0 Å². The standard InChI is InChI=1S/C37H43NO11/c1-19-16-37(45)27(28(19)48-21(3)40)30(49-32(42)22-11-8-7-9-12-22)36(18-46-31(41)23-13-10-14-38-17-23)25(47-20(2)39)15-24-26(34(24,4)5)29(36)35(6,44)33(37)43/h7-14,17,19,24-30,44-45H,15-16,18H2,1-6H3. The van der Waals surface area contributed by atoms with Crippen molar-refractivity contribution in [3.63, 3.8) is 0 Å². The van der Waals surface area contributed by atoms with Crippen molar-refractivity contribution in [1.82, 2.24) is 4.98 Å². The van der Waals surface area contributed by atoms with Crippen LogP contribution >= 0.6 is 0 Å². The van der Waals surface area contributed by atoms with Gasteiger partial charge in [0.05, 0.1) is 22.5 Å². The maximum Gasteiger partial charge on any atom is 0.339 e. The van der Waals surface area contributed by atoms with Crippen molar-refractivity contribution in [1.29, 1.82) is 0 Å². The Hall–Kier alpha value is -4.16. The first-order chi connectivity index (χ1) is 23.0. The predicted molar refractivity (Wildman–Crippen MR) is 170 cm³/mol. The first-order valence-electron chi connectivity index (χ1n) is 16.6. The number of carbonyl (C=O) groups is 5. The largest absolute Gasteiger partial charge is 0.462 e. The van der Waals surface area contributed by atoms with E-state index in [-0.39, 0.29) is 29.9 Å². The van der Waals surface area contributed by atoms with Gasteiger partial charge in [0.1, 0.15) is 36.1 Å². The SMILES string of the molecule is CC(=O)OC1C(C)CC2(O)C(=O)C(C)(O)C3C4C(CC(OC(C)=O)C3(COC(=O)c3cccnc3)C(OC(=O)c3ccccc3)C12)C4(C)C. The zero-order valence-corrected chi connectivity index (χ0v) is 28.5. The van der Waals surface area contributed by atoms with Crippen molar-refractivity contribution in [2.75, 3.05) is 6.61 Å². The number of esters is 4. The lowest BCUT2D eigenvalue weighted by Gasteiger charge is -2.54. The number of aromatic nitrogens is 1. The van der Waals surface area contributed by atoms with E-state index in [4.69, 9.17) is 18.9 Å². The molecule has 4 saturated carbocycles. The van der Waals surface area contributed by atoms with Crippen molar-refractivity contribution in [3.05, 3.63) is 66.0 Å². The topological polar surface area (TPSA) is 176 Å². The molecule has 4 aliphatic rings. The molecule has 1 heterocycles. The van der Waals surface area contributed by atoms with E-state index >= 15 is 0 Å². The number of Topliss-reactive ketones (excluding diaryl/α,β-unsaturated/α-hetero) is 1. The second kappa shape index (κ2) is 12.0. The van der Waals surface area contributed by atoms with Gasteiger partial charge >= 0.3 is 23.9 Å². The molecule has 0 bridgehead atoms. The second-order valence-corrected chi connectivity index (χ2v) is 15.1.